The van der Waals surface area contributed by atoms with Crippen molar-refractivity contribution in [2.45, 2.75) is 18.9 Å². The van der Waals surface area contributed by atoms with Crippen LogP contribution in [0.3, 0.4) is 0 Å². The summed E-state index contributed by atoms with van der Waals surface area (Å²) >= 11 is 1.66. The number of thiophene rings is 1. The maximum Gasteiger partial charge on any atom is 0.273 e. The molecule has 0 spiro atoms. The third-order valence-electron chi connectivity index (χ3n) is 4.65. The first-order valence-corrected chi connectivity index (χ1v) is 9.73. The van der Waals surface area contributed by atoms with Gasteiger partial charge in [-0.15, -0.1) is 11.3 Å². The third-order valence-corrected chi connectivity index (χ3v) is 5.62. The molecule has 2 amide bonds. The minimum Gasteiger partial charge on any atom is -0.355 e. The largest absolute Gasteiger partial charge is 0.355 e. The Hall–Kier alpha value is -2.93. The fourth-order valence-electron chi connectivity index (χ4n) is 3.31. The van der Waals surface area contributed by atoms with Gasteiger partial charge < -0.3 is 14.7 Å². The van der Waals surface area contributed by atoms with E-state index in [2.05, 4.69) is 16.5 Å². The van der Waals surface area contributed by atoms with E-state index in [4.69, 9.17) is 4.52 Å². The number of carbonyl (C=O) groups is 2. The highest BCUT2D eigenvalue weighted by Gasteiger charge is 2.30. The molecular weight excluding hydrogens is 362 g/mol. The van der Waals surface area contributed by atoms with Crippen molar-refractivity contribution >= 4 is 23.2 Å². The lowest BCUT2D eigenvalue weighted by Crippen LogP contribution is -2.39. The van der Waals surface area contributed by atoms with Crippen molar-refractivity contribution < 1.29 is 14.1 Å². The summed E-state index contributed by atoms with van der Waals surface area (Å²) in [6.07, 6.45) is 1.94. The average Bonchev–Trinajstić information content (AvgIpc) is 3.47. The fraction of sp³-hybridized carbons (Fsp3) is 0.250. The van der Waals surface area contributed by atoms with Gasteiger partial charge in [0.15, 0.2) is 11.5 Å². The van der Waals surface area contributed by atoms with Gasteiger partial charge in [-0.2, -0.15) is 0 Å². The molecule has 1 aromatic carbocycles. The summed E-state index contributed by atoms with van der Waals surface area (Å²) in [4.78, 5) is 27.9. The minimum absolute atomic E-state index is 0.0474. The normalized spacial score (nSPS) is 16.4. The molecule has 0 bridgehead atoms. The molecule has 0 radical (unpaired) electrons. The first kappa shape index (κ1) is 17.5. The Labute approximate surface area is 160 Å². The van der Waals surface area contributed by atoms with Gasteiger partial charge in [0.2, 0.25) is 5.91 Å². The molecule has 138 valence electrons. The van der Waals surface area contributed by atoms with Gasteiger partial charge in [-0.25, -0.2) is 0 Å². The Balaban J connectivity index is 1.36. The lowest BCUT2D eigenvalue weighted by Gasteiger charge is -2.24. The summed E-state index contributed by atoms with van der Waals surface area (Å²) in [6.45, 7) is 0.674. The van der Waals surface area contributed by atoms with Crippen LogP contribution < -0.4 is 5.32 Å². The number of benzene rings is 1. The van der Waals surface area contributed by atoms with Gasteiger partial charge in [-0.05, 0) is 24.3 Å². The summed E-state index contributed by atoms with van der Waals surface area (Å²) in [5, 5.41) is 8.49. The molecule has 1 fully saturated rings. The maximum atomic E-state index is 12.6. The molecule has 1 aliphatic heterocycles. The Morgan fingerprint density at radius 2 is 2.07 bits per heavy atom. The molecule has 1 N–H and O–H groups in total. The Kier molecular flexibility index (Phi) is 5.02. The van der Waals surface area contributed by atoms with Crippen LogP contribution in [0, 0.1) is 0 Å². The molecule has 4 rings (SSSR count). The number of nitrogens with zero attached hydrogens (tertiary/aromatic N) is 2. The molecule has 1 aliphatic rings. The van der Waals surface area contributed by atoms with E-state index in [1.807, 2.05) is 46.7 Å². The van der Waals surface area contributed by atoms with E-state index in [0.29, 0.717) is 5.76 Å². The summed E-state index contributed by atoms with van der Waals surface area (Å²) in [5.41, 5.74) is 1.01. The summed E-state index contributed by atoms with van der Waals surface area (Å²) in [5.74, 6) is 0.0246. The molecule has 3 heterocycles. The molecule has 27 heavy (non-hydrogen) atoms. The van der Waals surface area contributed by atoms with Crippen LogP contribution in [0.4, 0.5) is 0 Å². The summed E-state index contributed by atoms with van der Waals surface area (Å²) in [6, 6.07) is 15.2. The maximum absolute atomic E-state index is 12.6. The molecule has 1 atom stereocenters. The first-order valence-electron chi connectivity index (χ1n) is 8.85. The fourth-order valence-corrected chi connectivity index (χ4v) is 4.18. The average molecular weight is 381 g/mol. The lowest BCUT2D eigenvalue weighted by atomic mass is 10.1. The zero-order valence-electron chi connectivity index (χ0n) is 14.6. The number of likely N-dealkylation sites (tertiary alicyclic amines) is 1. The summed E-state index contributed by atoms with van der Waals surface area (Å²) < 4.78 is 5.24. The highest BCUT2D eigenvalue weighted by molar-refractivity contribution is 7.10. The van der Waals surface area contributed by atoms with E-state index < -0.39 is 5.91 Å². The zero-order valence-corrected chi connectivity index (χ0v) is 15.4. The van der Waals surface area contributed by atoms with Gasteiger partial charge in [0.1, 0.15) is 0 Å². The smallest absolute Gasteiger partial charge is 0.273 e. The third kappa shape index (κ3) is 3.78. The highest BCUT2D eigenvalue weighted by Crippen LogP contribution is 2.34. The van der Waals surface area contributed by atoms with Crippen LogP contribution in [-0.2, 0) is 4.79 Å². The van der Waals surface area contributed by atoms with Gasteiger partial charge in [-0.3, -0.25) is 9.59 Å². The number of hydrogen-bond donors (Lipinski definition) is 1. The van der Waals surface area contributed by atoms with Gasteiger partial charge in [0.05, 0.1) is 12.6 Å². The Morgan fingerprint density at radius 1 is 1.22 bits per heavy atom. The molecule has 0 aliphatic carbocycles. The molecule has 2 aromatic heterocycles. The molecule has 3 aromatic rings. The van der Waals surface area contributed by atoms with E-state index in [1.54, 1.807) is 17.4 Å². The molecule has 1 unspecified atom stereocenters. The van der Waals surface area contributed by atoms with Gasteiger partial charge in [-0.1, -0.05) is 41.6 Å². The number of amides is 2. The summed E-state index contributed by atoms with van der Waals surface area (Å²) in [7, 11) is 0. The van der Waals surface area contributed by atoms with Crippen molar-refractivity contribution in [2.24, 2.45) is 0 Å². The van der Waals surface area contributed by atoms with Gasteiger partial charge in [0.25, 0.3) is 5.91 Å². The molecule has 6 nitrogen and oxygen atoms in total. The molecular formula is C20H19N3O3S. The molecule has 0 saturated carbocycles. The minimum atomic E-state index is -0.416. The number of hydrogen-bond acceptors (Lipinski definition) is 5. The molecule has 7 heteroatoms. The predicted octanol–water partition coefficient (Wildman–Crippen LogP) is 3.50. The van der Waals surface area contributed by atoms with Crippen LogP contribution >= 0.6 is 11.3 Å². The van der Waals surface area contributed by atoms with Crippen LogP contribution in [-0.4, -0.2) is 35.0 Å². The van der Waals surface area contributed by atoms with E-state index in [9.17, 15) is 9.59 Å². The number of carbonyl (C=O) groups excluding carboxylic acids is 2. The monoisotopic (exact) mass is 381 g/mol. The van der Waals surface area contributed by atoms with Crippen molar-refractivity contribution in [3.05, 3.63) is 64.5 Å². The second-order valence-electron chi connectivity index (χ2n) is 6.39. The number of nitrogens with one attached hydrogen (secondary N) is 1. The number of aromatic nitrogens is 1. The Morgan fingerprint density at radius 3 is 2.85 bits per heavy atom. The van der Waals surface area contributed by atoms with E-state index in [1.165, 1.54) is 4.88 Å². The lowest BCUT2D eigenvalue weighted by molar-refractivity contribution is -0.131. The first-order chi connectivity index (χ1) is 13.2. The SMILES string of the molecule is O=C(NCC(=O)N1CCCC1c1cccs1)c1cc(-c2ccccc2)on1. The van der Waals surface area contributed by atoms with E-state index >= 15 is 0 Å². The second kappa shape index (κ2) is 7.75. The van der Waals surface area contributed by atoms with E-state index in [0.717, 1.165) is 24.9 Å². The van der Waals surface area contributed by atoms with Crippen LogP contribution in [0.25, 0.3) is 11.3 Å². The predicted molar refractivity (Wildman–Crippen MR) is 102 cm³/mol. The molecule has 1 saturated heterocycles. The van der Waals surface area contributed by atoms with Crippen LogP contribution in [0.15, 0.2) is 58.4 Å². The van der Waals surface area contributed by atoms with Crippen LogP contribution in [0.1, 0.15) is 34.2 Å². The van der Waals surface area contributed by atoms with Crippen LogP contribution in [0.2, 0.25) is 0 Å². The highest BCUT2D eigenvalue weighted by atomic mass is 32.1. The van der Waals surface area contributed by atoms with Gasteiger partial charge in [0, 0.05) is 23.1 Å². The zero-order chi connectivity index (χ0) is 18.6. The standard InChI is InChI=1S/C20H19N3O3S/c24-19(23-10-4-8-16(23)18-9-5-11-27-18)13-21-20(25)15-12-17(26-22-15)14-6-2-1-3-7-14/h1-3,5-7,9,11-12,16H,4,8,10,13H2,(H,21,25). The van der Waals surface area contributed by atoms with Gasteiger partial charge >= 0.3 is 0 Å². The van der Waals surface area contributed by atoms with Crippen molar-refractivity contribution in [1.82, 2.24) is 15.4 Å². The second-order valence-corrected chi connectivity index (χ2v) is 7.36. The van der Waals surface area contributed by atoms with Crippen molar-refractivity contribution in [3.8, 4) is 11.3 Å². The van der Waals surface area contributed by atoms with Crippen molar-refractivity contribution in [3.63, 3.8) is 0 Å². The Bertz CT molecular complexity index is 921. The topological polar surface area (TPSA) is 75.4 Å². The van der Waals surface area contributed by atoms with Crippen LogP contribution in [0.5, 0.6) is 0 Å². The number of rotatable bonds is 5. The quantitative estimate of drug-likeness (QED) is 0.734. The van der Waals surface area contributed by atoms with Crippen molar-refractivity contribution in [2.75, 3.05) is 13.1 Å². The van der Waals surface area contributed by atoms with E-state index in [-0.39, 0.29) is 24.2 Å². The van der Waals surface area contributed by atoms with Crippen molar-refractivity contribution in [1.29, 1.82) is 0 Å².